The standard InChI is InChI=1S/C17H14FN3OS3/c1-11-8-9-23-14(11)6-7-15(22)19-16-20-21-17(25-16)24-10-12-2-4-13(18)5-3-12/h2-9H,10H2,1H3,(H,19,20,22)/b7-6+. The van der Waals surface area contributed by atoms with E-state index in [0.29, 0.717) is 10.9 Å². The number of rotatable bonds is 6. The van der Waals surface area contributed by atoms with Crippen molar-refractivity contribution in [3.05, 3.63) is 63.6 Å². The van der Waals surface area contributed by atoms with E-state index in [4.69, 9.17) is 0 Å². The van der Waals surface area contributed by atoms with Crippen molar-refractivity contribution in [3.8, 4) is 0 Å². The van der Waals surface area contributed by atoms with Gasteiger partial charge in [-0.3, -0.25) is 10.1 Å². The van der Waals surface area contributed by atoms with Gasteiger partial charge in [0.25, 0.3) is 0 Å². The van der Waals surface area contributed by atoms with Crippen LogP contribution in [0.3, 0.4) is 0 Å². The van der Waals surface area contributed by atoms with Crippen LogP contribution >= 0.6 is 34.4 Å². The first-order valence-electron chi connectivity index (χ1n) is 7.34. The molecule has 3 aromatic rings. The highest BCUT2D eigenvalue weighted by Gasteiger charge is 2.07. The third kappa shape index (κ3) is 5.22. The van der Waals surface area contributed by atoms with Gasteiger partial charge < -0.3 is 0 Å². The molecule has 25 heavy (non-hydrogen) atoms. The van der Waals surface area contributed by atoms with Gasteiger partial charge in [-0.15, -0.1) is 21.5 Å². The number of nitrogens with zero attached hydrogens (tertiary/aromatic N) is 2. The number of aryl methyl sites for hydroxylation is 1. The summed E-state index contributed by atoms with van der Waals surface area (Å²) in [6, 6.07) is 8.36. The summed E-state index contributed by atoms with van der Waals surface area (Å²) < 4.78 is 13.6. The Labute approximate surface area is 156 Å². The highest BCUT2D eigenvalue weighted by Crippen LogP contribution is 2.28. The third-order valence-corrected chi connectivity index (χ3v) is 6.23. The predicted molar refractivity (Wildman–Crippen MR) is 103 cm³/mol. The molecule has 4 nitrogen and oxygen atoms in total. The second kappa shape index (κ2) is 8.37. The summed E-state index contributed by atoms with van der Waals surface area (Å²) in [6.45, 7) is 2.00. The molecule has 1 aromatic carbocycles. The second-order valence-corrected chi connectivity index (χ2v) is 8.23. The SMILES string of the molecule is Cc1ccsc1/C=C/C(=O)Nc1nnc(SCc2ccc(F)cc2)s1. The fourth-order valence-electron chi connectivity index (χ4n) is 1.90. The Morgan fingerprint density at radius 3 is 2.80 bits per heavy atom. The lowest BCUT2D eigenvalue weighted by atomic mass is 10.2. The van der Waals surface area contributed by atoms with E-state index in [1.165, 1.54) is 41.3 Å². The number of thioether (sulfide) groups is 1. The number of aromatic nitrogens is 2. The average Bonchev–Trinajstić information content (AvgIpc) is 3.21. The normalized spacial score (nSPS) is 11.1. The molecule has 0 bridgehead atoms. The smallest absolute Gasteiger partial charge is 0.250 e. The molecule has 0 radical (unpaired) electrons. The Morgan fingerprint density at radius 2 is 2.08 bits per heavy atom. The quantitative estimate of drug-likeness (QED) is 0.365. The number of anilines is 1. The van der Waals surface area contributed by atoms with Crippen LogP contribution in [0.25, 0.3) is 6.08 Å². The van der Waals surface area contributed by atoms with Crippen LogP contribution in [0.5, 0.6) is 0 Å². The maximum Gasteiger partial charge on any atom is 0.250 e. The van der Waals surface area contributed by atoms with Gasteiger partial charge in [-0.25, -0.2) is 4.39 Å². The Balaban J connectivity index is 1.52. The van der Waals surface area contributed by atoms with Gasteiger partial charge in [0.15, 0.2) is 4.34 Å². The van der Waals surface area contributed by atoms with Crippen LogP contribution in [0.2, 0.25) is 0 Å². The molecule has 0 aliphatic heterocycles. The first-order chi connectivity index (χ1) is 12.1. The molecular formula is C17H14FN3OS3. The Morgan fingerprint density at radius 1 is 1.28 bits per heavy atom. The van der Waals surface area contributed by atoms with Crippen LogP contribution in [-0.4, -0.2) is 16.1 Å². The summed E-state index contributed by atoms with van der Waals surface area (Å²) in [7, 11) is 0. The minimum absolute atomic E-state index is 0.237. The number of carbonyl (C=O) groups excluding carboxylic acids is 1. The number of hydrogen-bond donors (Lipinski definition) is 1. The lowest BCUT2D eigenvalue weighted by Gasteiger charge is -1.98. The van der Waals surface area contributed by atoms with Gasteiger partial charge in [-0.1, -0.05) is 35.2 Å². The molecule has 2 heterocycles. The van der Waals surface area contributed by atoms with Crippen molar-refractivity contribution in [2.24, 2.45) is 0 Å². The van der Waals surface area contributed by atoms with Crippen LogP contribution in [-0.2, 0) is 10.5 Å². The molecule has 0 saturated heterocycles. The molecule has 1 N–H and O–H groups in total. The molecule has 0 saturated carbocycles. The zero-order valence-electron chi connectivity index (χ0n) is 13.2. The fourth-order valence-corrected chi connectivity index (χ4v) is 4.43. The highest BCUT2D eigenvalue weighted by atomic mass is 32.2. The average molecular weight is 392 g/mol. The Hall–Kier alpha value is -2.03. The number of benzene rings is 1. The molecule has 0 aliphatic rings. The topological polar surface area (TPSA) is 54.9 Å². The van der Waals surface area contributed by atoms with Crippen molar-refractivity contribution in [1.29, 1.82) is 0 Å². The fraction of sp³-hybridized carbons (Fsp3) is 0.118. The summed E-state index contributed by atoms with van der Waals surface area (Å²) in [5.41, 5.74) is 2.14. The summed E-state index contributed by atoms with van der Waals surface area (Å²) in [6.07, 6.45) is 3.28. The number of thiophene rings is 1. The van der Waals surface area contributed by atoms with Gasteiger partial charge in [0.2, 0.25) is 11.0 Å². The third-order valence-electron chi connectivity index (χ3n) is 3.20. The van der Waals surface area contributed by atoms with Crippen LogP contribution in [0, 0.1) is 12.7 Å². The zero-order valence-corrected chi connectivity index (χ0v) is 15.7. The lowest BCUT2D eigenvalue weighted by Crippen LogP contribution is -2.07. The van der Waals surface area contributed by atoms with Crippen molar-refractivity contribution in [1.82, 2.24) is 10.2 Å². The second-order valence-electron chi connectivity index (χ2n) is 5.08. The molecular weight excluding hydrogens is 377 g/mol. The van der Waals surface area contributed by atoms with E-state index in [2.05, 4.69) is 15.5 Å². The van der Waals surface area contributed by atoms with E-state index in [-0.39, 0.29) is 11.7 Å². The number of nitrogens with one attached hydrogen (secondary N) is 1. The van der Waals surface area contributed by atoms with Gasteiger partial charge in [0, 0.05) is 16.7 Å². The van der Waals surface area contributed by atoms with E-state index in [0.717, 1.165) is 20.3 Å². The molecule has 0 fully saturated rings. The molecule has 1 amide bonds. The summed E-state index contributed by atoms with van der Waals surface area (Å²) in [4.78, 5) is 13.0. The van der Waals surface area contributed by atoms with E-state index in [1.54, 1.807) is 29.5 Å². The van der Waals surface area contributed by atoms with Gasteiger partial charge in [0.1, 0.15) is 5.82 Å². The highest BCUT2D eigenvalue weighted by molar-refractivity contribution is 8.00. The number of amides is 1. The van der Waals surface area contributed by atoms with E-state index < -0.39 is 0 Å². The van der Waals surface area contributed by atoms with E-state index in [9.17, 15) is 9.18 Å². The molecule has 2 aromatic heterocycles. The number of carbonyl (C=O) groups is 1. The summed E-state index contributed by atoms with van der Waals surface area (Å²) >= 11 is 4.40. The first-order valence-corrected chi connectivity index (χ1v) is 10.0. The van der Waals surface area contributed by atoms with Crippen molar-refractivity contribution in [2.75, 3.05) is 5.32 Å². The largest absolute Gasteiger partial charge is 0.297 e. The van der Waals surface area contributed by atoms with Crippen LogP contribution in [0.4, 0.5) is 9.52 Å². The predicted octanol–water partition coefficient (Wildman–Crippen LogP) is 4.99. The van der Waals surface area contributed by atoms with E-state index >= 15 is 0 Å². The van der Waals surface area contributed by atoms with Crippen LogP contribution in [0.15, 0.2) is 46.1 Å². The van der Waals surface area contributed by atoms with E-state index in [1.807, 2.05) is 18.4 Å². The number of hydrogen-bond acceptors (Lipinski definition) is 6. The minimum Gasteiger partial charge on any atom is -0.297 e. The van der Waals surface area contributed by atoms with Crippen molar-refractivity contribution in [2.45, 2.75) is 17.0 Å². The molecule has 0 spiro atoms. The Kier molecular flexibility index (Phi) is 5.95. The van der Waals surface area contributed by atoms with Crippen LogP contribution < -0.4 is 5.32 Å². The zero-order chi connectivity index (χ0) is 17.6. The maximum absolute atomic E-state index is 12.9. The monoisotopic (exact) mass is 391 g/mol. The van der Waals surface area contributed by atoms with Gasteiger partial charge in [0.05, 0.1) is 0 Å². The lowest BCUT2D eigenvalue weighted by molar-refractivity contribution is -0.111. The molecule has 3 rings (SSSR count). The first kappa shape index (κ1) is 17.8. The summed E-state index contributed by atoms with van der Waals surface area (Å²) in [5.74, 6) is 0.181. The van der Waals surface area contributed by atoms with Crippen molar-refractivity contribution < 1.29 is 9.18 Å². The Bertz CT molecular complexity index is 887. The minimum atomic E-state index is -0.250. The molecule has 0 aliphatic carbocycles. The maximum atomic E-state index is 12.9. The molecule has 0 unspecified atom stereocenters. The van der Waals surface area contributed by atoms with Crippen molar-refractivity contribution >= 4 is 51.6 Å². The molecule has 128 valence electrons. The molecule has 8 heteroatoms. The van der Waals surface area contributed by atoms with Gasteiger partial charge >= 0.3 is 0 Å². The van der Waals surface area contributed by atoms with Crippen LogP contribution in [0.1, 0.15) is 16.0 Å². The van der Waals surface area contributed by atoms with Gasteiger partial charge in [-0.2, -0.15) is 0 Å². The van der Waals surface area contributed by atoms with Crippen molar-refractivity contribution in [3.63, 3.8) is 0 Å². The number of halogens is 1. The summed E-state index contributed by atoms with van der Waals surface area (Å²) in [5, 5.41) is 13.2. The van der Waals surface area contributed by atoms with Gasteiger partial charge in [-0.05, 0) is 47.7 Å². The molecule has 0 atom stereocenters.